The van der Waals surface area contributed by atoms with Gasteiger partial charge in [0.25, 0.3) is 0 Å². The lowest BCUT2D eigenvalue weighted by atomic mass is 9.80. The maximum atomic E-state index is 13.3. The van der Waals surface area contributed by atoms with Crippen LogP contribution in [0, 0.1) is 11.8 Å². The second kappa shape index (κ2) is 4.64. The Morgan fingerprint density at radius 1 is 1.25 bits per heavy atom. The van der Waals surface area contributed by atoms with Crippen LogP contribution >= 0.6 is 0 Å². The van der Waals surface area contributed by atoms with Crippen molar-refractivity contribution < 1.29 is 4.39 Å². The molecule has 1 heteroatoms. The average Bonchev–Trinajstić information content (AvgIpc) is 2.06. The Bertz CT molecular complexity index is 143. The second-order valence-electron chi connectivity index (χ2n) is 3.99. The molecule has 1 unspecified atom stereocenters. The van der Waals surface area contributed by atoms with Gasteiger partial charge in [0.1, 0.15) is 6.17 Å². The molecule has 0 aromatic heterocycles. The fraction of sp³-hybridized carbons (Fsp3) is 0.818. The lowest BCUT2D eigenvalue weighted by molar-refractivity contribution is 0.194. The Kier molecular flexibility index (Phi) is 3.77. The Hall–Kier alpha value is -0.330. The van der Waals surface area contributed by atoms with Crippen LogP contribution in [0.1, 0.15) is 39.5 Å². The van der Waals surface area contributed by atoms with Crippen molar-refractivity contribution in [1.29, 1.82) is 0 Å². The minimum Gasteiger partial charge on any atom is -0.243 e. The summed E-state index contributed by atoms with van der Waals surface area (Å²) in [5.74, 6) is 1.12. The normalized spacial score (nSPS) is 33.9. The average molecular weight is 170 g/mol. The lowest BCUT2D eigenvalue weighted by Crippen LogP contribution is -2.20. The molecule has 1 aliphatic carbocycles. The van der Waals surface area contributed by atoms with E-state index in [-0.39, 0.29) is 0 Å². The molecule has 1 saturated carbocycles. The molecule has 0 aromatic carbocycles. The topological polar surface area (TPSA) is 0 Å². The van der Waals surface area contributed by atoms with Gasteiger partial charge >= 0.3 is 0 Å². The summed E-state index contributed by atoms with van der Waals surface area (Å²) in [5, 5.41) is 0. The molecule has 0 bridgehead atoms. The number of rotatable bonds is 2. The van der Waals surface area contributed by atoms with Gasteiger partial charge in [-0.25, -0.2) is 4.39 Å². The molecular formula is C11H19F. The number of hydrogen-bond donors (Lipinski definition) is 0. The summed E-state index contributed by atoms with van der Waals surface area (Å²) in [7, 11) is 0. The highest BCUT2D eigenvalue weighted by Gasteiger charge is 2.23. The van der Waals surface area contributed by atoms with Crippen molar-refractivity contribution in [2.75, 3.05) is 0 Å². The first-order chi connectivity index (χ1) is 5.74. The Balaban J connectivity index is 2.33. The standard InChI is InChI=1S/C11H19F/c1-3-4-11(12)10-7-5-9(2)6-8-10/h3-4,9-11H,5-8H2,1-2H3/b4-3+. The van der Waals surface area contributed by atoms with Gasteiger partial charge in [-0.2, -0.15) is 0 Å². The van der Waals surface area contributed by atoms with Crippen molar-refractivity contribution in [3.05, 3.63) is 12.2 Å². The van der Waals surface area contributed by atoms with E-state index in [1.807, 2.05) is 13.0 Å². The van der Waals surface area contributed by atoms with Gasteiger partial charge in [-0.05, 0) is 31.6 Å². The monoisotopic (exact) mass is 170 g/mol. The first-order valence-electron chi connectivity index (χ1n) is 5.01. The first-order valence-corrected chi connectivity index (χ1v) is 5.01. The van der Waals surface area contributed by atoms with E-state index in [9.17, 15) is 4.39 Å². The summed E-state index contributed by atoms with van der Waals surface area (Å²) >= 11 is 0. The Labute approximate surface area is 74.9 Å². The van der Waals surface area contributed by atoms with Gasteiger partial charge in [0.15, 0.2) is 0 Å². The van der Waals surface area contributed by atoms with E-state index in [1.165, 1.54) is 12.8 Å². The van der Waals surface area contributed by atoms with E-state index in [2.05, 4.69) is 6.92 Å². The molecule has 12 heavy (non-hydrogen) atoms. The van der Waals surface area contributed by atoms with E-state index < -0.39 is 6.17 Å². The van der Waals surface area contributed by atoms with Gasteiger partial charge in [0.2, 0.25) is 0 Å². The van der Waals surface area contributed by atoms with Crippen LogP contribution in [0.25, 0.3) is 0 Å². The summed E-state index contributed by atoms with van der Waals surface area (Å²) in [4.78, 5) is 0. The second-order valence-corrected chi connectivity index (χ2v) is 3.99. The maximum absolute atomic E-state index is 13.3. The minimum atomic E-state index is -0.692. The van der Waals surface area contributed by atoms with Gasteiger partial charge in [0.05, 0.1) is 0 Å². The number of hydrogen-bond acceptors (Lipinski definition) is 0. The molecule has 0 saturated heterocycles. The van der Waals surface area contributed by atoms with Crippen molar-refractivity contribution in [3.8, 4) is 0 Å². The molecule has 0 spiro atoms. The van der Waals surface area contributed by atoms with Gasteiger partial charge in [0, 0.05) is 0 Å². The van der Waals surface area contributed by atoms with Crippen LogP contribution in [0.3, 0.4) is 0 Å². The Morgan fingerprint density at radius 3 is 2.33 bits per heavy atom. The predicted octanol–water partition coefficient (Wildman–Crippen LogP) is 3.73. The van der Waals surface area contributed by atoms with Crippen molar-refractivity contribution in [2.45, 2.75) is 45.7 Å². The molecular weight excluding hydrogens is 151 g/mol. The summed E-state index contributed by atoms with van der Waals surface area (Å²) < 4.78 is 13.3. The van der Waals surface area contributed by atoms with Crippen LogP contribution in [0.2, 0.25) is 0 Å². The largest absolute Gasteiger partial charge is 0.243 e. The molecule has 0 N–H and O–H groups in total. The zero-order chi connectivity index (χ0) is 8.97. The number of allylic oxidation sites excluding steroid dienone is 2. The molecule has 70 valence electrons. The first kappa shape index (κ1) is 9.76. The molecule has 0 aliphatic heterocycles. The molecule has 1 fully saturated rings. The van der Waals surface area contributed by atoms with Crippen molar-refractivity contribution in [3.63, 3.8) is 0 Å². The Morgan fingerprint density at radius 2 is 1.83 bits per heavy atom. The van der Waals surface area contributed by atoms with E-state index in [0.717, 1.165) is 18.8 Å². The fourth-order valence-corrected chi connectivity index (χ4v) is 1.95. The minimum absolute atomic E-state index is 0.303. The highest BCUT2D eigenvalue weighted by Crippen LogP contribution is 2.31. The molecule has 0 radical (unpaired) electrons. The predicted molar refractivity (Wildman–Crippen MR) is 50.8 cm³/mol. The highest BCUT2D eigenvalue weighted by molar-refractivity contribution is 4.91. The zero-order valence-corrected chi connectivity index (χ0v) is 8.09. The molecule has 0 heterocycles. The maximum Gasteiger partial charge on any atom is 0.121 e. The summed E-state index contributed by atoms with van der Waals surface area (Å²) in [5.41, 5.74) is 0. The smallest absolute Gasteiger partial charge is 0.121 e. The van der Waals surface area contributed by atoms with E-state index in [0.29, 0.717) is 5.92 Å². The quantitative estimate of drug-likeness (QED) is 0.554. The third kappa shape index (κ3) is 2.62. The molecule has 0 amide bonds. The van der Waals surface area contributed by atoms with Gasteiger partial charge in [-0.15, -0.1) is 0 Å². The number of halogens is 1. The van der Waals surface area contributed by atoms with E-state index >= 15 is 0 Å². The SMILES string of the molecule is C/C=C/C(F)C1CCC(C)CC1. The van der Waals surface area contributed by atoms with Crippen molar-refractivity contribution in [2.24, 2.45) is 11.8 Å². The van der Waals surface area contributed by atoms with E-state index in [4.69, 9.17) is 0 Å². The van der Waals surface area contributed by atoms with E-state index in [1.54, 1.807) is 6.08 Å². The van der Waals surface area contributed by atoms with Crippen LogP contribution in [0.4, 0.5) is 4.39 Å². The van der Waals surface area contributed by atoms with Gasteiger partial charge in [-0.3, -0.25) is 0 Å². The van der Waals surface area contributed by atoms with Crippen molar-refractivity contribution >= 4 is 0 Å². The fourth-order valence-electron chi connectivity index (χ4n) is 1.95. The van der Waals surface area contributed by atoms with Crippen LogP contribution < -0.4 is 0 Å². The van der Waals surface area contributed by atoms with Crippen LogP contribution in [-0.2, 0) is 0 Å². The van der Waals surface area contributed by atoms with Crippen LogP contribution in [-0.4, -0.2) is 6.17 Å². The zero-order valence-electron chi connectivity index (χ0n) is 8.09. The third-order valence-corrected chi connectivity index (χ3v) is 2.89. The summed E-state index contributed by atoms with van der Waals surface area (Å²) in [6, 6.07) is 0. The molecule has 1 atom stereocenters. The summed E-state index contributed by atoms with van der Waals surface area (Å²) in [6.45, 7) is 4.15. The van der Waals surface area contributed by atoms with Crippen LogP contribution in [0.5, 0.6) is 0 Å². The molecule has 0 aromatic rings. The van der Waals surface area contributed by atoms with Gasteiger partial charge in [-0.1, -0.05) is 31.9 Å². The molecule has 1 rings (SSSR count). The lowest BCUT2D eigenvalue weighted by Gasteiger charge is -2.27. The highest BCUT2D eigenvalue weighted by atomic mass is 19.1. The van der Waals surface area contributed by atoms with Gasteiger partial charge < -0.3 is 0 Å². The van der Waals surface area contributed by atoms with Crippen molar-refractivity contribution in [1.82, 2.24) is 0 Å². The molecule has 0 nitrogen and oxygen atoms in total. The molecule has 1 aliphatic rings. The number of alkyl halides is 1. The van der Waals surface area contributed by atoms with Crippen LogP contribution in [0.15, 0.2) is 12.2 Å². The third-order valence-electron chi connectivity index (χ3n) is 2.89. The summed E-state index contributed by atoms with van der Waals surface area (Å²) in [6.07, 6.45) is 7.40.